The summed E-state index contributed by atoms with van der Waals surface area (Å²) < 4.78 is 4.79. The van der Waals surface area contributed by atoms with Gasteiger partial charge in [0.05, 0.1) is 26.9 Å². The first-order valence-electron chi connectivity index (χ1n) is 17.5. The van der Waals surface area contributed by atoms with E-state index in [1.807, 2.05) is 0 Å². The Kier molecular flexibility index (Phi) is 5.99. The highest BCUT2D eigenvalue weighted by Gasteiger charge is 2.38. The molecule has 4 heterocycles. The molecule has 1 aliphatic rings. The first-order chi connectivity index (χ1) is 25.0. The maximum Gasteiger partial charge on any atom is 0.160 e. The fraction of sp³-hybridized carbons (Fsp3) is 0.0435. The lowest BCUT2D eigenvalue weighted by atomic mass is 9.97. The molecule has 0 saturated carbocycles. The van der Waals surface area contributed by atoms with Crippen LogP contribution >= 0.6 is 11.3 Å². The van der Waals surface area contributed by atoms with Gasteiger partial charge in [0.1, 0.15) is 8.07 Å². The summed E-state index contributed by atoms with van der Waals surface area (Å²) in [6.45, 7) is 4.98. The molecule has 0 spiro atoms. The Labute approximate surface area is 300 Å². The van der Waals surface area contributed by atoms with Crippen LogP contribution in [0.4, 0.5) is 0 Å². The molecule has 51 heavy (non-hydrogen) atoms. The Morgan fingerprint density at radius 1 is 0.549 bits per heavy atom. The molecule has 3 aromatic heterocycles. The minimum absolute atomic E-state index is 0.741. The average Bonchev–Trinajstić information content (AvgIpc) is 3.79. The number of fused-ring (bicyclic) bond motifs is 11. The molecule has 0 amide bonds. The van der Waals surface area contributed by atoms with E-state index < -0.39 is 8.07 Å². The molecule has 0 bridgehead atoms. The van der Waals surface area contributed by atoms with Gasteiger partial charge in [0, 0.05) is 37.7 Å². The number of hydrogen-bond acceptors (Lipinski definition) is 3. The minimum Gasteiger partial charge on any atom is -0.309 e. The molecule has 240 valence electrons. The number of thiophene rings is 1. The quantitative estimate of drug-likeness (QED) is 0.173. The van der Waals surface area contributed by atoms with E-state index in [2.05, 4.69) is 169 Å². The topological polar surface area (TPSA) is 30.7 Å². The Hall–Kier alpha value is -5.88. The van der Waals surface area contributed by atoms with Crippen LogP contribution < -0.4 is 10.4 Å². The van der Waals surface area contributed by atoms with Gasteiger partial charge in [0.25, 0.3) is 0 Å². The second-order valence-corrected chi connectivity index (χ2v) is 19.6. The Bertz CT molecular complexity index is 3050. The van der Waals surface area contributed by atoms with E-state index in [4.69, 9.17) is 9.97 Å². The third-order valence-electron chi connectivity index (χ3n) is 11.0. The largest absolute Gasteiger partial charge is 0.309 e. The highest BCUT2D eigenvalue weighted by Crippen LogP contribution is 2.41. The minimum atomic E-state index is -1.79. The Balaban J connectivity index is 1.12. The van der Waals surface area contributed by atoms with E-state index >= 15 is 0 Å². The van der Waals surface area contributed by atoms with Gasteiger partial charge >= 0.3 is 0 Å². The number of rotatable bonds is 3. The predicted octanol–water partition coefficient (Wildman–Crippen LogP) is 11.2. The van der Waals surface area contributed by atoms with Crippen molar-refractivity contribution in [3.05, 3.63) is 152 Å². The number of hydrogen-bond donors (Lipinski definition) is 0. The van der Waals surface area contributed by atoms with Crippen LogP contribution in [0.25, 0.3) is 92.3 Å². The van der Waals surface area contributed by atoms with Gasteiger partial charge in [0.15, 0.2) is 5.82 Å². The smallest absolute Gasteiger partial charge is 0.160 e. The molecular weight excluding hydrogens is 655 g/mol. The summed E-state index contributed by atoms with van der Waals surface area (Å²) in [5.74, 6) is 0.741. The van der Waals surface area contributed by atoms with Crippen molar-refractivity contribution in [2.45, 2.75) is 13.1 Å². The summed E-state index contributed by atoms with van der Waals surface area (Å²) in [7, 11) is -1.79. The number of aromatic nitrogens is 3. The van der Waals surface area contributed by atoms with E-state index in [0.717, 1.165) is 38.5 Å². The van der Waals surface area contributed by atoms with Crippen LogP contribution in [0.2, 0.25) is 13.1 Å². The van der Waals surface area contributed by atoms with Crippen LogP contribution in [-0.2, 0) is 0 Å². The Morgan fingerprint density at radius 2 is 1.29 bits per heavy atom. The summed E-state index contributed by atoms with van der Waals surface area (Å²) in [5.41, 5.74) is 10.5. The third-order valence-corrected chi connectivity index (χ3v) is 15.7. The van der Waals surface area contributed by atoms with Crippen LogP contribution in [0, 0.1) is 0 Å². The zero-order valence-corrected chi connectivity index (χ0v) is 30.0. The SMILES string of the molecule is C[Si]1(C)c2ccccc2-c2c1ccc1cc3c4ccccc4n(-c4ccc(-c5nc(-c6ccccc6)c6sc7ccccc7c6n5)cc4)c3cc21. The Morgan fingerprint density at radius 3 is 2.16 bits per heavy atom. The van der Waals surface area contributed by atoms with Crippen molar-refractivity contribution in [3.8, 4) is 39.5 Å². The molecular formula is C46H31N3SSi. The highest BCUT2D eigenvalue weighted by atomic mass is 32.1. The second kappa shape index (κ2) is 10.6. The van der Waals surface area contributed by atoms with E-state index in [1.54, 1.807) is 11.3 Å². The van der Waals surface area contributed by atoms with Gasteiger partial charge in [-0.3, -0.25) is 0 Å². The summed E-state index contributed by atoms with van der Waals surface area (Å²) >= 11 is 1.77. The monoisotopic (exact) mass is 685 g/mol. The van der Waals surface area contributed by atoms with Gasteiger partial charge in [-0.1, -0.05) is 116 Å². The normalized spacial score (nSPS) is 13.5. The van der Waals surface area contributed by atoms with Gasteiger partial charge in [-0.15, -0.1) is 11.3 Å². The van der Waals surface area contributed by atoms with Crippen LogP contribution in [0.3, 0.4) is 0 Å². The standard InChI is InChI=1S/C46H31N3SSi/c1-51(2)40-19-11-8-16-34(40)42-35-27-38-36(26-30(35)22-25-41(42)51)32-14-6-9-17-37(32)49(38)31-23-20-29(21-24-31)46-47-43(28-12-4-3-5-13-28)45-44(48-46)33-15-7-10-18-39(33)50-45/h3-27H,1-2H3. The van der Waals surface area contributed by atoms with Crippen molar-refractivity contribution in [1.29, 1.82) is 0 Å². The van der Waals surface area contributed by atoms with Gasteiger partial charge in [-0.25, -0.2) is 9.97 Å². The lowest BCUT2D eigenvalue weighted by Crippen LogP contribution is -2.49. The van der Waals surface area contributed by atoms with Crippen LogP contribution in [0.1, 0.15) is 0 Å². The van der Waals surface area contributed by atoms with Gasteiger partial charge in [-0.05, 0) is 80.8 Å². The molecule has 0 N–H and O–H groups in total. The zero-order valence-electron chi connectivity index (χ0n) is 28.2. The van der Waals surface area contributed by atoms with E-state index in [1.165, 1.54) is 64.2 Å². The van der Waals surface area contributed by atoms with Crippen LogP contribution in [0.15, 0.2) is 152 Å². The van der Waals surface area contributed by atoms with E-state index in [-0.39, 0.29) is 0 Å². The van der Waals surface area contributed by atoms with Crippen molar-refractivity contribution in [2.75, 3.05) is 0 Å². The van der Waals surface area contributed by atoms with Crippen molar-refractivity contribution in [1.82, 2.24) is 14.5 Å². The average molecular weight is 686 g/mol. The molecule has 5 heteroatoms. The number of para-hydroxylation sites is 1. The summed E-state index contributed by atoms with van der Waals surface area (Å²) in [6, 6.07) is 55.4. The zero-order chi connectivity index (χ0) is 33.8. The van der Waals surface area contributed by atoms with E-state index in [9.17, 15) is 0 Å². The maximum absolute atomic E-state index is 5.22. The molecule has 0 atom stereocenters. The molecule has 0 radical (unpaired) electrons. The summed E-state index contributed by atoms with van der Waals surface area (Å²) in [6.07, 6.45) is 0. The van der Waals surface area contributed by atoms with Crippen molar-refractivity contribution < 1.29 is 0 Å². The lowest BCUT2D eigenvalue weighted by Gasteiger charge is -2.18. The fourth-order valence-corrected chi connectivity index (χ4v) is 12.8. The molecule has 0 fully saturated rings. The fourth-order valence-electron chi connectivity index (χ4n) is 8.54. The highest BCUT2D eigenvalue weighted by molar-refractivity contribution is 7.26. The molecule has 3 nitrogen and oxygen atoms in total. The third kappa shape index (κ3) is 4.10. The summed E-state index contributed by atoms with van der Waals surface area (Å²) in [5, 5.41) is 9.42. The molecule has 10 aromatic rings. The molecule has 7 aromatic carbocycles. The molecule has 11 rings (SSSR count). The predicted molar refractivity (Wildman–Crippen MR) is 220 cm³/mol. The number of nitrogens with zero attached hydrogens (tertiary/aromatic N) is 3. The summed E-state index contributed by atoms with van der Waals surface area (Å²) in [4.78, 5) is 10.4. The van der Waals surface area contributed by atoms with Crippen molar-refractivity contribution in [2.24, 2.45) is 0 Å². The van der Waals surface area contributed by atoms with Gasteiger partial charge in [0.2, 0.25) is 0 Å². The van der Waals surface area contributed by atoms with Crippen molar-refractivity contribution >= 4 is 82.7 Å². The van der Waals surface area contributed by atoms with Gasteiger partial charge in [-0.2, -0.15) is 0 Å². The second-order valence-electron chi connectivity index (χ2n) is 14.2. The number of benzene rings is 7. The van der Waals surface area contributed by atoms with Crippen molar-refractivity contribution in [3.63, 3.8) is 0 Å². The maximum atomic E-state index is 5.22. The first-order valence-corrected chi connectivity index (χ1v) is 21.3. The van der Waals surface area contributed by atoms with Crippen LogP contribution in [-0.4, -0.2) is 22.6 Å². The molecule has 0 aliphatic carbocycles. The van der Waals surface area contributed by atoms with Gasteiger partial charge < -0.3 is 4.57 Å². The molecule has 1 aliphatic heterocycles. The van der Waals surface area contributed by atoms with Crippen LogP contribution in [0.5, 0.6) is 0 Å². The molecule has 0 saturated heterocycles. The first kappa shape index (κ1) is 28.9. The van der Waals surface area contributed by atoms with E-state index in [0.29, 0.717) is 0 Å². The molecule has 0 unspecified atom stereocenters. The lowest BCUT2D eigenvalue weighted by molar-refractivity contribution is 1.18.